The van der Waals surface area contributed by atoms with E-state index in [4.69, 9.17) is 4.98 Å². The van der Waals surface area contributed by atoms with Gasteiger partial charge in [-0.3, -0.25) is 4.40 Å². The molecule has 0 bridgehead atoms. The second kappa shape index (κ2) is 5.41. The number of nitrogens with zero attached hydrogens (tertiary/aromatic N) is 3. The molecule has 3 aromatic heterocycles. The first-order valence-electron chi connectivity index (χ1n) is 8.00. The van der Waals surface area contributed by atoms with Crippen LogP contribution in [0, 0.1) is 5.41 Å². The molecule has 0 atom stereocenters. The highest BCUT2D eigenvalue weighted by Gasteiger charge is 2.28. The quantitative estimate of drug-likeness (QED) is 0.753. The van der Waals surface area contributed by atoms with Gasteiger partial charge in [0.25, 0.3) is 0 Å². The number of hydrogen-bond donors (Lipinski definition) is 2. The van der Waals surface area contributed by atoms with Crippen LogP contribution in [-0.2, 0) is 0 Å². The molecule has 0 unspecified atom stereocenters. The minimum absolute atomic E-state index is 0.0641. The van der Waals surface area contributed by atoms with Gasteiger partial charge < -0.3 is 10.3 Å². The number of H-pyrrole nitrogens is 1. The van der Waals surface area contributed by atoms with Crippen LogP contribution in [0.5, 0.6) is 0 Å². The van der Waals surface area contributed by atoms with E-state index in [1.807, 2.05) is 35.0 Å². The van der Waals surface area contributed by atoms with Gasteiger partial charge in [-0.1, -0.05) is 20.8 Å². The van der Waals surface area contributed by atoms with Crippen molar-refractivity contribution in [2.24, 2.45) is 5.41 Å². The normalized spacial score (nSPS) is 12.7. The van der Waals surface area contributed by atoms with Gasteiger partial charge in [-0.2, -0.15) is 0 Å². The summed E-state index contributed by atoms with van der Waals surface area (Å²) in [5.41, 5.74) is 2.06. The van der Waals surface area contributed by atoms with E-state index in [1.165, 1.54) is 0 Å². The van der Waals surface area contributed by atoms with Crippen LogP contribution in [0.4, 0.5) is 5.82 Å². The largest absolute Gasteiger partial charge is 0.364 e. The average molecular weight is 311 g/mol. The monoisotopic (exact) mass is 311 g/mol. The van der Waals surface area contributed by atoms with Crippen molar-refractivity contribution in [2.75, 3.05) is 5.32 Å². The van der Waals surface area contributed by atoms with Gasteiger partial charge in [-0.15, -0.1) is 0 Å². The summed E-state index contributed by atoms with van der Waals surface area (Å²) in [6.07, 6.45) is 6.72. The number of anilines is 1. The number of fused-ring (bicyclic) bond motifs is 1. The molecule has 122 valence electrons. The molecule has 23 heavy (non-hydrogen) atoms. The molecule has 5 heteroatoms. The van der Waals surface area contributed by atoms with E-state index in [9.17, 15) is 0 Å². The van der Waals surface area contributed by atoms with Gasteiger partial charge in [0.2, 0.25) is 5.78 Å². The maximum absolute atomic E-state index is 4.69. The first-order valence-corrected chi connectivity index (χ1v) is 8.00. The molecule has 0 aromatic carbocycles. The zero-order valence-electron chi connectivity index (χ0n) is 14.5. The van der Waals surface area contributed by atoms with Gasteiger partial charge in [0.15, 0.2) is 0 Å². The van der Waals surface area contributed by atoms with E-state index in [2.05, 4.69) is 49.9 Å². The van der Waals surface area contributed by atoms with E-state index in [0.717, 1.165) is 23.6 Å². The Kier molecular flexibility index (Phi) is 3.66. The summed E-state index contributed by atoms with van der Waals surface area (Å²) >= 11 is 0. The Labute approximate surface area is 137 Å². The van der Waals surface area contributed by atoms with Crippen molar-refractivity contribution in [3.8, 4) is 11.4 Å². The molecule has 0 saturated carbocycles. The summed E-state index contributed by atoms with van der Waals surface area (Å²) in [5, 5.41) is 3.70. The van der Waals surface area contributed by atoms with Gasteiger partial charge >= 0.3 is 0 Å². The summed E-state index contributed by atoms with van der Waals surface area (Å²) in [7, 11) is 0. The second-order valence-electron chi connectivity index (χ2n) is 7.93. The highest BCUT2D eigenvalue weighted by molar-refractivity contribution is 5.73. The SMILES string of the molecule is CC(C)(C)CC(C)(C)Nc1c(-c2ccc[nH]2)nc2ncccn12. The first kappa shape index (κ1) is 15.6. The van der Waals surface area contributed by atoms with Gasteiger partial charge in [-0.05, 0) is 43.9 Å². The van der Waals surface area contributed by atoms with Crippen LogP contribution < -0.4 is 5.32 Å². The maximum Gasteiger partial charge on any atom is 0.236 e. The Morgan fingerprint density at radius 2 is 1.96 bits per heavy atom. The third kappa shape index (κ3) is 3.38. The molecule has 2 N–H and O–H groups in total. The summed E-state index contributed by atoms with van der Waals surface area (Å²) < 4.78 is 2.01. The van der Waals surface area contributed by atoms with Crippen molar-refractivity contribution in [1.29, 1.82) is 0 Å². The Morgan fingerprint density at radius 1 is 1.17 bits per heavy atom. The fourth-order valence-corrected chi connectivity index (χ4v) is 3.36. The van der Waals surface area contributed by atoms with Crippen LogP contribution in [0.25, 0.3) is 17.2 Å². The van der Waals surface area contributed by atoms with Gasteiger partial charge in [0.1, 0.15) is 11.5 Å². The first-order chi connectivity index (χ1) is 10.8. The van der Waals surface area contributed by atoms with Crippen molar-refractivity contribution < 1.29 is 0 Å². The van der Waals surface area contributed by atoms with Crippen LogP contribution in [0.3, 0.4) is 0 Å². The zero-order valence-corrected chi connectivity index (χ0v) is 14.5. The summed E-state index contributed by atoms with van der Waals surface area (Å²) in [5.74, 6) is 1.68. The minimum atomic E-state index is -0.0641. The number of aromatic amines is 1. The molecule has 3 heterocycles. The lowest BCUT2D eigenvalue weighted by molar-refractivity contribution is 0.302. The third-order valence-electron chi connectivity index (χ3n) is 3.69. The van der Waals surface area contributed by atoms with E-state index >= 15 is 0 Å². The van der Waals surface area contributed by atoms with Crippen molar-refractivity contribution in [3.63, 3.8) is 0 Å². The van der Waals surface area contributed by atoms with Crippen molar-refractivity contribution in [3.05, 3.63) is 36.8 Å². The summed E-state index contributed by atoms with van der Waals surface area (Å²) in [4.78, 5) is 12.3. The number of aromatic nitrogens is 4. The molecular weight excluding hydrogens is 286 g/mol. The van der Waals surface area contributed by atoms with Crippen molar-refractivity contribution in [2.45, 2.75) is 46.6 Å². The molecule has 0 radical (unpaired) electrons. The highest BCUT2D eigenvalue weighted by Crippen LogP contribution is 2.33. The van der Waals surface area contributed by atoms with E-state index in [-0.39, 0.29) is 11.0 Å². The molecule has 0 amide bonds. The van der Waals surface area contributed by atoms with E-state index in [1.54, 1.807) is 6.20 Å². The van der Waals surface area contributed by atoms with Gasteiger partial charge in [0, 0.05) is 24.1 Å². The lowest BCUT2D eigenvalue weighted by Crippen LogP contribution is -2.36. The summed E-state index contributed by atoms with van der Waals surface area (Å²) in [6, 6.07) is 5.94. The van der Waals surface area contributed by atoms with Crippen LogP contribution >= 0.6 is 0 Å². The molecule has 3 rings (SSSR count). The smallest absolute Gasteiger partial charge is 0.236 e. The maximum atomic E-state index is 4.69. The molecule has 0 aliphatic rings. The zero-order chi connectivity index (χ0) is 16.7. The number of rotatable bonds is 4. The molecule has 0 fully saturated rings. The molecule has 3 aromatic rings. The molecular formula is C18H25N5. The fraction of sp³-hybridized carbons (Fsp3) is 0.444. The predicted octanol–water partition coefficient (Wildman–Crippen LogP) is 4.35. The highest BCUT2D eigenvalue weighted by atomic mass is 15.2. The number of nitrogens with one attached hydrogen (secondary N) is 2. The standard InChI is InChI=1S/C18H25N5/c1-17(2,3)12-18(4,5)22-15-14(13-8-6-9-19-13)21-16-20-10-7-11-23(15)16/h6-11,19,22H,12H2,1-5H3. The lowest BCUT2D eigenvalue weighted by atomic mass is 9.82. The summed E-state index contributed by atoms with van der Waals surface area (Å²) in [6.45, 7) is 11.2. The third-order valence-corrected chi connectivity index (χ3v) is 3.69. The Balaban J connectivity index is 2.07. The Hall–Kier alpha value is -2.30. The van der Waals surface area contributed by atoms with Crippen LogP contribution in [0.2, 0.25) is 0 Å². The van der Waals surface area contributed by atoms with Crippen molar-refractivity contribution >= 4 is 11.6 Å². The number of imidazole rings is 1. The molecule has 0 aliphatic carbocycles. The van der Waals surface area contributed by atoms with E-state index in [0.29, 0.717) is 5.78 Å². The fourth-order valence-electron chi connectivity index (χ4n) is 3.36. The van der Waals surface area contributed by atoms with Crippen molar-refractivity contribution in [1.82, 2.24) is 19.4 Å². The van der Waals surface area contributed by atoms with E-state index < -0.39 is 0 Å². The van der Waals surface area contributed by atoms with Gasteiger partial charge in [0.05, 0.1) is 5.69 Å². The molecule has 0 saturated heterocycles. The van der Waals surface area contributed by atoms with Crippen LogP contribution in [0.15, 0.2) is 36.8 Å². The second-order valence-corrected chi connectivity index (χ2v) is 7.93. The minimum Gasteiger partial charge on any atom is -0.364 e. The van der Waals surface area contributed by atoms with Crippen LogP contribution in [0.1, 0.15) is 41.0 Å². The Morgan fingerprint density at radius 3 is 2.61 bits per heavy atom. The lowest BCUT2D eigenvalue weighted by Gasteiger charge is -2.34. The molecule has 0 spiro atoms. The average Bonchev–Trinajstić information content (AvgIpc) is 3.03. The predicted molar refractivity (Wildman–Crippen MR) is 94.5 cm³/mol. The van der Waals surface area contributed by atoms with Gasteiger partial charge in [-0.25, -0.2) is 9.97 Å². The Bertz CT molecular complexity index is 791. The molecule has 5 nitrogen and oxygen atoms in total. The molecule has 0 aliphatic heterocycles. The topological polar surface area (TPSA) is 58.0 Å². The number of hydrogen-bond acceptors (Lipinski definition) is 3. The van der Waals surface area contributed by atoms with Crippen LogP contribution in [-0.4, -0.2) is 24.9 Å².